The Hall–Kier alpha value is -3.53. The van der Waals surface area contributed by atoms with Crippen LogP contribution in [-0.2, 0) is 27.2 Å². The molecule has 0 saturated carbocycles. The second-order valence-corrected chi connectivity index (χ2v) is 11.9. The molecule has 9 nitrogen and oxygen atoms in total. The van der Waals surface area contributed by atoms with Gasteiger partial charge in [-0.1, -0.05) is 11.6 Å². The molecule has 1 fully saturated rings. The fraction of sp³-hybridized carbons (Fsp3) is 0.444. The minimum absolute atomic E-state index is 0.0287. The van der Waals surface area contributed by atoms with Crippen molar-refractivity contribution in [1.82, 2.24) is 19.8 Å². The first-order valence-electron chi connectivity index (χ1n) is 12.5. The normalized spacial score (nSPS) is 18.8. The molecule has 2 aromatic rings. The number of nitrogens with zero attached hydrogens (tertiary/aromatic N) is 4. The molecule has 5 heterocycles. The average molecular weight is 521 g/mol. The standard InChI is InChI=1S/C27H32N6O3S/c1-26(2,3)36-25(28)33-16-27(17-33)14-20-12-19(15-30-23(20)31-24(27)35)4-5-22(34)32-9-6-18(7-10-32)13-21-29-8-11-37-21/h4-6,8,11-12,15,28H,7,9-10,13-14,16-17H2,1-3H3,(H,30,31,35). The van der Waals surface area contributed by atoms with Gasteiger partial charge in [0.05, 0.1) is 10.4 Å². The first-order valence-corrected chi connectivity index (χ1v) is 13.3. The first-order chi connectivity index (χ1) is 17.6. The number of hydrogen-bond donors (Lipinski definition) is 2. The second-order valence-electron chi connectivity index (χ2n) is 10.9. The highest BCUT2D eigenvalue weighted by Crippen LogP contribution is 2.41. The van der Waals surface area contributed by atoms with Crippen molar-refractivity contribution in [2.45, 2.75) is 45.6 Å². The lowest BCUT2D eigenvalue weighted by atomic mass is 9.72. The summed E-state index contributed by atoms with van der Waals surface area (Å²) in [5, 5.41) is 14.2. The van der Waals surface area contributed by atoms with Crippen LogP contribution in [-0.4, -0.2) is 69.4 Å². The zero-order valence-electron chi connectivity index (χ0n) is 21.4. The Labute approximate surface area is 220 Å². The number of aromatic nitrogens is 2. The van der Waals surface area contributed by atoms with Gasteiger partial charge in [0.15, 0.2) is 0 Å². The van der Waals surface area contributed by atoms with Crippen LogP contribution in [0.4, 0.5) is 5.82 Å². The van der Waals surface area contributed by atoms with Crippen LogP contribution >= 0.6 is 11.3 Å². The van der Waals surface area contributed by atoms with Crippen LogP contribution in [0.25, 0.3) is 6.08 Å². The van der Waals surface area contributed by atoms with Crippen molar-refractivity contribution in [1.29, 1.82) is 5.41 Å². The zero-order valence-corrected chi connectivity index (χ0v) is 22.2. The predicted molar refractivity (Wildman–Crippen MR) is 143 cm³/mol. The summed E-state index contributed by atoms with van der Waals surface area (Å²) in [6, 6.07) is 2.07. The molecular formula is C27H32N6O3S. The van der Waals surface area contributed by atoms with Crippen LogP contribution < -0.4 is 5.32 Å². The van der Waals surface area contributed by atoms with Gasteiger partial charge >= 0.3 is 0 Å². The number of amidine groups is 1. The van der Waals surface area contributed by atoms with E-state index in [1.165, 1.54) is 5.57 Å². The molecule has 2 aromatic heterocycles. The number of carbonyl (C=O) groups is 2. The van der Waals surface area contributed by atoms with Crippen LogP contribution in [0.1, 0.15) is 43.3 Å². The third-order valence-electron chi connectivity index (χ3n) is 6.80. The summed E-state index contributed by atoms with van der Waals surface area (Å²) in [6.45, 7) is 7.85. The third kappa shape index (κ3) is 5.58. The van der Waals surface area contributed by atoms with E-state index in [0.717, 1.165) is 29.0 Å². The Bertz CT molecular complexity index is 1270. The molecule has 37 heavy (non-hydrogen) atoms. The fourth-order valence-electron chi connectivity index (χ4n) is 4.87. The van der Waals surface area contributed by atoms with E-state index in [4.69, 9.17) is 10.1 Å². The average Bonchev–Trinajstić information content (AvgIpc) is 3.33. The van der Waals surface area contributed by atoms with Gasteiger partial charge in [-0.15, -0.1) is 11.3 Å². The van der Waals surface area contributed by atoms with Crippen LogP contribution in [0, 0.1) is 10.8 Å². The molecule has 0 aliphatic carbocycles. The molecule has 1 spiro atoms. The fourth-order valence-corrected chi connectivity index (χ4v) is 5.54. The highest BCUT2D eigenvalue weighted by molar-refractivity contribution is 7.09. The Morgan fingerprint density at radius 3 is 2.78 bits per heavy atom. The molecule has 5 rings (SSSR count). The number of rotatable bonds is 4. The van der Waals surface area contributed by atoms with E-state index in [-0.39, 0.29) is 17.8 Å². The molecule has 0 unspecified atom stereocenters. The molecule has 0 radical (unpaired) electrons. The van der Waals surface area contributed by atoms with Crippen LogP contribution in [0.2, 0.25) is 0 Å². The summed E-state index contributed by atoms with van der Waals surface area (Å²) in [6.07, 6.45) is 11.3. The predicted octanol–water partition coefficient (Wildman–Crippen LogP) is 3.50. The van der Waals surface area contributed by atoms with Crippen LogP contribution in [0.15, 0.2) is 41.6 Å². The summed E-state index contributed by atoms with van der Waals surface area (Å²) in [4.78, 5) is 38.0. The number of fused-ring (bicyclic) bond motifs is 1. The van der Waals surface area contributed by atoms with Crippen molar-refractivity contribution in [2.75, 3.05) is 31.5 Å². The maximum absolute atomic E-state index is 12.8. The summed E-state index contributed by atoms with van der Waals surface area (Å²) in [7, 11) is 0. The molecule has 0 bridgehead atoms. The van der Waals surface area contributed by atoms with Gasteiger partial charge in [-0.3, -0.25) is 15.0 Å². The highest BCUT2D eigenvalue weighted by atomic mass is 32.1. The van der Waals surface area contributed by atoms with Crippen LogP contribution in [0.5, 0.6) is 0 Å². The molecule has 3 aliphatic rings. The number of amides is 2. The molecule has 2 N–H and O–H groups in total. The number of nitrogens with one attached hydrogen (secondary N) is 2. The molecule has 1 saturated heterocycles. The van der Waals surface area contributed by atoms with E-state index in [9.17, 15) is 9.59 Å². The monoisotopic (exact) mass is 520 g/mol. The van der Waals surface area contributed by atoms with Gasteiger partial charge in [0.1, 0.15) is 11.4 Å². The molecule has 0 aromatic carbocycles. The van der Waals surface area contributed by atoms with Gasteiger partial charge < -0.3 is 19.9 Å². The van der Waals surface area contributed by atoms with Gasteiger partial charge in [-0.2, -0.15) is 0 Å². The van der Waals surface area contributed by atoms with E-state index in [2.05, 4.69) is 21.4 Å². The summed E-state index contributed by atoms with van der Waals surface area (Å²) in [5.74, 6) is 0.463. The number of pyridine rings is 1. The number of ether oxygens (including phenoxy) is 1. The Morgan fingerprint density at radius 1 is 1.30 bits per heavy atom. The van der Waals surface area contributed by atoms with Gasteiger partial charge in [0.25, 0.3) is 6.02 Å². The lowest BCUT2D eigenvalue weighted by Gasteiger charge is -2.51. The van der Waals surface area contributed by atoms with E-state index < -0.39 is 11.0 Å². The number of anilines is 1. The number of carbonyl (C=O) groups excluding carboxylic acids is 2. The minimum atomic E-state index is -0.600. The smallest absolute Gasteiger partial charge is 0.284 e. The first kappa shape index (κ1) is 25.1. The minimum Gasteiger partial charge on any atom is -0.460 e. The van der Waals surface area contributed by atoms with Crippen molar-refractivity contribution < 1.29 is 14.3 Å². The van der Waals surface area contributed by atoms with Crippen molar-refractivity contribution in [2.24, 2.45) is 5.41 Å². The van der Waals surface area contributed by atoms with Crippen molar-refractivity contribution in [3.63, 3.8) is 0 Å². The molecule has 2 amide bonds. The molecule has 0 atom stereocenters. The maximum Gasteiger partial charge on any atom is 0.284 e. The molecule has 3 aliphatic heterocycles. The van der Waals surface area contributed by atoms with Gasteiger partial charge in [0.2, 0.25) is 11.8 Å². The van der Waals surface area contributed by atoms with Crippen LogP contribution in [0.3, 0.4) is 0 Å². The van der Waals surface area contributed by atoms with Gasteiger partial charge in [0, 0.05) is 56.4 Å². The molecule has 194 valence electrons. The summed E-state index contributed by atoms with van der Waals surface area (Å²) >= 11 is 1.66. The van der Waals surface area contributed by atoms with E-state index in [1.54, 1.807) is 34.6 Å². The Kier molecular flexibility index (Phi) is 6.61. The quantitative estimate of drug-likeness (QED) is 0.276. The maximum atomic E-state index is 12.8. The van der Waals surface area contributed by atoms with E-state index in [1.807, 2.05) is 43.3 Å². The van der Waals surface area contributed by atoms with Gasteiger partial charge in [-0.05, 0) is 56.9 Å². The summed E-state index contributed by atoms with van der Waals surface area (Å²) in [5.41, 5.74) is 2.02. The second kappa shape index (κ2) is 9.74. The van der Waals surface area contributed by atoms with E-state index >= 15 is 0 Å². The Morgan fingerprint density at radius 2 is 2.11 bits per heavy atom. The number of thiazole rings is 1. The van der Waals surface area contributed by atoms with Crippen molar-refractivity contribution >= 4 is 41.1 Å². The van der Waals surface area contributed by atoms with Crippen molar-refractivity contribution in [3.8, 4) is 0 Å². The Balaban J connectivity index is 1.19. The lowest BCUT2D eigenvalue weighted by Crippen LogP contribution is -2.66. The largest absolute Gasteiger partial charge is 0.460 e. The lowest BCUT2D eigenvalue weighted by molar-refractivity contribution is -0.134. The molecule has 10 heteroatoms. The third-order valence-corrected chi connectivity index (χ3v) is 7.58. The van der Waals surface area contributed by atoms with E-state index in [0.29, 0.717) is 38.4 Å². The van der Waals surface area contributed by atoms with Crippen molar-refractivity contribution in [3.05, 3.63) is 57.7 Å². The SMILES string of the molecule is CC(C)(C)OC(=N)N1CC2(Cc3cc(C=CC(=O)N4CC=C(Cc5nccs5)CC4)cnc3NC2=O)C1. The highest BCUT2D eigenvalue weighted by Gasteiger charge is 2.53. The topological polar surface area (TPSA) is 112 Å². The zero-order chi connectivity index (χ0) is 26.2. The number of likely N-dealkylation sites (tertiary alicyclic amines) is 1. The number of hydrogen-bond acceptors (Lipinski definition) is 7. The molecular weight excluding hydrogens is 488 g/mol. The van der Waals surface area contributed by atoms with Gasteiger partial charge in [-0.25, -0.2) is 9.97 Å². The summed E-state index contributed by atoms with van der Waals surface area (Å²) < 4.78 is 5.65.